The SMILES string of the molecule is CC1(C)c2cccc(-c3ccc(-c4nc(-c5ccccc5)cc(-c5ccc6c(c5)C(C)(c5ccccc5)c5ccccc5-6)n4)c4ccccc34)c2-c2ccc3ccccc3c21. The fraction of sp³-hybridized carbons (Fsp3) is 0.0847. The number of rotatable bonds is 5. The molecule has 2 heteroatoms. The zero-order chi connectivity index (χ0) is 40.9. The lowest BCUT2D eigenvalue weighted by Crippen LogP contribution is -2.22. The van der Waals surface area contributed by atoms with Gasteiger partial charge in [-0.15, -0.1) is 0 Å². The molecule has 1 unspecified atom stereocenters. The van der Waals surface area contributed by atoms with E-state index in [4.69, 9.17) is 9.97 Å². The summed E-state index contributed by atoms with van der Waals surface area (Å²) in [5, 5.41) is 4.93. The Hall–Kier alpha value is -7.42. The van der Waals surface area contributed by atoms with Crippen molar-refractivity contribution in [2.75, 3.05) is 0 Å². The van der Waals surface area contributed by atoms with Gasteiger partial charge in [-0.1, -0.05) is 196 Å². The van der Waals surface area contributed by atoms with Crippen LogP contribution in [-0.2, 0) is 10.8 Å². The van der Waals surface area contributed by atoms with Crippen LogP contribution in [0.1, 0.15) is 48.6 Å². The maximum absolute atomic E-state index is 5.47. The lowest BCUT2D eigenvalue weighted by Gasteiger charge is -2.28. The fourth-order valence-corrected chi connectivity index (χ4v) is 10.8. The van der Waals surface area contributed by atoms with E-state index < -0.39 is 0 Å². The van der Waals surface area contributed by atoms with Crippen LogP contribution in [0.15, 0.2) is 200 Å². The second-order valence-corrected chi connectivity index (χ2v) is 17.4. The fourth-order valence-electron chi connectivity index (χ4n) is 10.8. The largest absolute Gasteiger partial charge is 0.228 e. The van der Waals surface area contributed by atoms with Gasteiger partial charge in [0.1, 0.15) is 0 Å². The lowest BCUT2D eigenvalue weighted by molar-refractivity contribution is 0.666. The molecule has 2 aliphatic carbocycles. The van der Waals surface area contributed by atoms with Crippen LogP contribution in [0.25, 0.3) is 88.8 Å². The van der Waals surface area contributed by atoms with Crippen molar-refractivity contribution in [2.24, 2.45) is 0 Å². The molecule has 10 aromatic rings. The van der Waals surface area contributed by atoms with Gasteiger partial charge in [0.15, 0.2) is 5.82 Å². The average Bonchev–Trinajstić information content (AvgIpc) is 3.73. The maximum atomic E-state index is 5.47. The third-order valence-electron chi connectivity index (χ3n) is 13.8. The van der Waals surface area contributed by atoms with Crippen molar-refractivity contribution in [1.29, 1.82) is 0 Å². The molecule has 0 saturated heterocycles. The van der Waals surface area contributed by atoms with Gasteiger partial charge in [0.25, 0.3) is 0 Å². The molecule has 1 atom stereocenters. The topological polar surface area (TPSA) is 25.8 Å². The van der Waals surface area contributed by atoms with E-state index in [9.17, 15) is 0 Å². The zero-order valence-electron chi connectivity index (χ0n) is 34.4. The number of benzene rings is 9. The van der Waals surface area contributed by atoms with Crippen molar-refractivity contribution in [2.45, 2.75) is 31.6 Å². The smallest absolute Gasteiger partial charge is 0.161 e. The van der Waals surface area contributed by atoms with E-state index in [1.807, 2.05) is 0 Å². The van der Waals surface area contributed by atoms with Crippen LogP contribution >= 0.6 is 0 Å². The zero-order valence-corrected chi connectivity index (χ0v) is 34.4. The van der Waals surface area contributed by atoms with Crippen LogP contribution in [0.4, 0.5) is 0 Å². The van der Waals surface area contributed by atoms with Crippen LogP contribution in [-0.4, -0.2) is 9.97 Å². The maximum Gasteiger partial charge on any atom is 0.161 e. The molecule has 0 N–H and O–H groups in total. The van der Waals surface area contributed by atoms with Gasteiger partial charge in [0, 0.05) is 27.5 Å². The molecule has 12 rings (SSSR count). The quantitative estimate of drug-likeness (QED) is 0.174. The van der Waals surface area contributed by atoms with Crippen LogP contribution < -0.4 is 0 Å². The highest BCUT2D eigenvalue weighted by molar-refractivity contribution is 6.09. The molecule has 0 saturated carbocycles. The molecular weight excluding hydrogens is 737 g/mol. The Balaban J connectivity index is 1.05. The summed E-state index contributed by atoms with van der Waals surface area (Å²) < 4.78 is 0. The van der Waals surface area contributed by atoms with Gasteiger partial charge < -0.3 is 0 Å². The Kier molecular flexibility index (Phi) is 7.74. The number of nitrogens with zero attached hydrogens (tertiary/aromatic N) is 2. The predicted molar refractivity (Wildman–Crippen MR) is 254 cm³/mol. The van der Waals surface area contributed by atoms with E-state index in [1.54, 1.807) is 0 Å². The molecule has 2 nitrogen and oxygen atoms in total. The van der Waals surface area contributed by atoms with Crippen LogP contribution in [0.2, 0.25) is 0 Å². The summed E-state index contributed by atoms with van der Waals surface area (Å²) in [5.41, 5.74) is 18.9. The van der Waals surface area contributed by atoms with Crippen molar-refractivity contribution >= 4 is 21.5 Å². The molecule has 0 amide bonds. The summed E-state index contributed by atoms with van der Waals surface area (Å²) in [6.07, 6.45) is 0. The van der Waals surface area contributed by atoms with E-state index in [1.165, 1.54) is 77.4 Å². The summed E-state index contributed by atoms with van der Waals surface area (Å²) >= 11 is 0. The van der Waals surface area contributed by atoms with Gasteiger partial charge >= 0.3 is 0 Å². The van der Waals surface area contributed by atoms with Gasteiger partial charge in [0.2, 0.25) is 0 Å². The van der Waals surface area contributed by atoms with E-state index in [0.717, 1.165) is 33.5 Å². The minimum Gasteiger partial charge on any atom is -0.228 e. The number of fused-ring (bicyclic) bond motifs is 9. The normalized spacial score (nSPS) is 15.7. The Morgan fingerprint density at radius 2 is 0.934 bits per heavy atom. The van der Waals surface area contributed by atoms with Gasteiger partial charge in [-0.3, -0.25) is 0 Å². The van der Waals surface area contributed by atoms with Gasteiger partial charge in [-0.2, -0.15) is 0 Å². The Morgan fingerprint density at radius 1 is 0.361 bits per heavy atom. The summed E-state index contributed by atoms with van der Waals surface area (Å²) in [6, 6.07) is 73.0. The summed E-state index contributed by atoms with van der Waals surface area (Å²) in [4.78, 5) is 10.8. The lowest BCUT2D eigenvalue weighted by atomic mass is 9.74. The van der Waals surface area contributed by atoms with E-state index in [0.29, 0.717) is 5.82 Å². The molecule has 0 fully saturated rings. The summed E-state index contributed by atoms with van der Waals surface area (Å²) in [5.74, 6) is 0.713. The van der Waals surface area contributed by atoms with Gasteiger partial charge in [-0.25, -0.2) is 9.97 Å². The Morgan fingerprint density at radius 3 is 1.74 bits per heavy atom. The molecule has 1 heterocycles. The minimum absolute atomic E-state index is 0.141. The molecule has 288 valence electrons. The average molecular weight is 779 g/mol. The van der Waals surface area contributed by atoms with E-state index in [2.05, 4.69) is 221 Å². The molecule has 0 spiro atoms. The van der Waals surface area contributed by atoms with Crippen molar-refractivity contribution in [1.82, 2.24) is 9.97 Å². The minimum atomic E-state index is -0.312. The summed E-state index contributed by atoms with van der Waals surface area (Å²) in [6.45, 7) is 7.13. The molecule has 61 heavy (non-hydrogen) atoms. The number of aromatic nitrogens is 2. The number of hydrogen-bond acceptors (Lipinski definition) is 2. The molecule has 0 bridgehead atoms. The third-order valence-corrected chi connectivity index (χ3v) is 13.8. The van der Waals surface area contributed by atoms with E-state index in [-0.39, 0.29) is 10.8 Å². The molecule has 1 aromatic heterocycles. The second-order valence-electron chi connectivity index (χ2n) is 17.4. The predicted octanol–water partition coefficient (Wildman–Crippen LogP) is 15.1. The first-order chi connectivity index (χ1) is 29.9. The Bertz CT molecular complexity index is 3400. The van der Waals surface area contributed by atoms with Crippen LogP contribution in [0, 0.1) is 0 Å². The van der Waals surface area contributed by atoms with Crippen molar-refractivity contribution in [3.05, 3.63) is 228 Å². The van der Waals surface area contributed by atoms with Crippen molar-refractivity contribution in [3.63, 3.8) is 0 Å². The molecular formula is C59H42N2. The molecule has 2 aliphatic rings. The monoisotopic (exact) mass is 778 g/mol. The highest BCUT2D eigenvalue weighted by Gasteiger charge is 2.41. The molecule has 9 aromatic carbocycles. The van der Waals surface area contributed by atoms with Crippen molar-refractivity contribution in [3.8, 4) is 67.3 Å². The first-order valence-electron chi connectivity index (χ1n) is 21.3. The van der Waals surface area contributed by atoms with Crippen LogP contribution in [0.5, 0.6) is 0 Å². The highest BCUT2D eigenvalue weighted by atomic mass is 14.9. The Labute approximate surface area is 356 Å². The molecule has 0 aliphatic heterocycles. The van der Waals surface area contributed by atoms with Gasteiger partial charge in [0.05, 0.1) is 11.4 Å². The summed E-state index contributed by atoms with van der Waals surface area (Å²) in [7, 11) is 0. The van der Waals surface area contributed by atoms with Gasteiger partial charge in [-0.05, 0) is 108 Å². The third kappa shape index (κ3) is 5.22. The second kappa shape index (κ2) is 13.3. The molecule has 0 radical (unpaired) electrons. The van der Waals surface area contributed by atoms with E-state index >= 15 is 0 Å². The van der Waals surface area contributed by atoms with Crippen molar-refractivity contribution < 1.29 is 0 Å². The number of hydrogen-bond donors (Lipinski definition) is 0. The standard InChI is InChI=1S/C59H42N2/c1-58(2)51-28-16-26-47(55(51)49-32-29-37-17-10-11-22-41(37)56(49)58)44-33-34-48(43-24-13-12-23-42(43)44)57-60-53(38-18-6-4-7-19-38)36-54(61-57)39-30-31-46-45-25-14-15-27-50(45)59(3,52(46)35-39)40-20-8-5-9-21-40/h4-36H,1-3H3. The highest BCUT2D eigenvalue weighted by Crippen LogP contribution is 2.56. The first-order valence-corrected chi connectivity index (χ1v) is 21.3. The van der Waals surface area contributed by atoms with Crippen LogP contribution in [0.3, 0.4) is 0 Å². The first kappa shape index (κ1) is 35.5.